The fraction of sp³-hybridized carbons (Fsp3) is 0.462. The maximum Gasteiger partial charge on any atom is 0.310 e. The highest BCUT2D eigenvalue weighted by molar-refractivity contribution is 6.06. The maximum absolute atomic E-state index is 13.8. The van der Waals surface area contributed by atoms with Crippen LogP contribution in [0.3, 0.4) is 0 Å². The molecule has 3 N–H and O–H groups in total. The third kappa shape index (κ3) is 6.70. The normalized spacial score (nSPS) is 14.8. The first kappa shape index (κ1) is 24.6. The Kier molecular flexibility index (Phi) is 7.61. The van der Waals surface area contributed by atoms with E-state index in [-0.39, 0.29) is 12.3 Å². The second-order valence-corrected chi connectivity index (χ2v) is 9.63. The van der Waals surface area contributed by atoms with Crippen LogP contribution in [0.25, 0.3) is 0 Å². The van der Waals surface area contributed by atoms with E-state index in [2.05, 4.69) is 17.1 Å². The van der Waals surface area contributed by atoms with Crippen LogP contribution in [-0.2, 0) is 16.0 Å². The molecule has 1 heterocycles. The van der Waals surface area contributed by atoms with Crippen molar-refractivity contribution in [3.8, 4) is 0 Å². The lowest BCUT2D eigenvalue weighted by Crippen LogP contribution is -2.34. The van der Waals surface area contributed by atoms with Crippen molar-refractivity contribution in [2.75, 3.05) is 29.0 Å². The van der Waals surface area contributed by atoms with Gasteiger partial charge in [-0.1, -0.05) is 13.3 Å². The number of nitrogen functional groups attached to an aromatic ring is 1. The van der Waals surface area contributed by atoms with Crippen LogP contribution in [0.4, 0.5) is 21.5 Å². The number of rotatable bonds is 6. The number of esters is 1. The van der Waals surface area contributed by atoms with E-state index in [1.54, 1.807) is 32.9 Å². The SMILES string of the molecule is CCC1CCN(c2ccc(C(=O)Nc3ccc(F)cc3CC(=O)OC(C)(C)C)cc2N)CC1. The molecule has 3 rings (SSSR count). The Morgan fingerprint density at radius 2 is 1.85 bits per heavy atom. The van der Waals surface area contributed by atoms with Gasteiger partial charge in [-0.05, 0) is 81.5 Å². The number of carbonyl (C=O) groups is 2. The van der Waals surface area contributed by atoms with Crippen molar-refractivity contribution in [3.63, 3.8) is 0 Å². The lowest BCUT2D eigenvalue weighted by atomic mass is 9.94. The topological polar surface area (TPSA) is 84.7 Å². The van der Waals surface area contributed by atoms with E-state index in [4.69, 9.17) is 10.5 Å². The molecule has 0 saturated carbocycles. The minimum absolute atomic E-state index is 0.153. The minimum Gasteiger partial charge on any atom is -0.460 e. The summed E-state index contributed by atoms with van der Waals surface area (Å²) in [4.78, 5) is 27.4. The first-order valence-electron chi connectivity index (χ1n) is 11.5. The van der Waals surface area contributed by atoms with Crippen molar-refractivity contribution < 1.29 is 18.7 Å². The zero-order valence-corrected chi connectivity index (χ0v) is 19.9. The fourth-order valence-electron chi connectivity index (χ4n) is 4.12. The highest BCUT2D eigenvalue weighted by atomic mass is 19.1. The lowest BCUT2D eigenvalue weighted by molar-refractivity contribution is -0.153. The van der Waals surface area contributed by atoms with Crippen molar-refractivity contribution in [3.05, 3.63) is 53.3 Å². The van der Waals surface area contributed by atoms with Gasteiger partial charge in [0, 0.05) is 24.3 Å². The summed E-state index contributed by atoms with van der Waals surface area (Å²) in [5.74, 6) is -0.607. The van der Waals surface area contributed by atoms with Crippen molar-refractivity contribution in [2.24, 2.45) is 5.92 Å². The van der Waals surface area contributed by atoms with Crippen LogP contribution in [0.5, 0.6) is 0 Å². The van der Waals surface area contributed by atoms with Gasteiger partial charge in [-0.15, -0.1) is 0 Å². The van der Waals surface area contributed by atoms with Gasteiger partial charge in [0.2, 0.25) is 0 Å². The zero-order valence-electron chi connectivity index (χ0n) is 19.9. The molecular weight excluding hydrogens is 421 g/mol. The third-order valence-electron chi connectivity index (χ3n) is 5.89. The molecule has 0 spiro atoms. The number of ether oxygens (including phenoxy) is 1. The summed E-state index contributed by atoms with van der Waals surface area (Å²) in [5.41, 5.74) is 8.23. The van der Waals surface area contributed by atoms with Gasteiger partial charge >= 0.3 is 5.97 Å². The predicted molar refractivity (Wildman–Crippen MR) is 130 cm³/mol. The standard InChI is InChI=1S/C26H34FN3O3/c1-5-17-10-12-30(13-11-17)23-9-6-18(15-21(23)28)25(32)29-22-8-7-20(27)14-19(22)16-24(31)33-26(2,3)4/h6-9,14-15,17H,5,10-13,16,28H2,1-4H3,(H,29,32). The van der Waals surface area contributed by atoms with Crippen LogP contribution in [-0.4, -0.2) is 30.6 Å². The second-order valence-electron chi connectivity index (χ2n) is 9.63. The summed E-state index contributed by atoms with van der Waals surface area (Å²) in [5, 5.41) is 2.78. The molecule has 6 nitrogen and oxygen atoms in total. The first-order valence-corrected chi connectivity index (χ1v) is 11.5. The van der Waals surface area contributed by atoms with E-state index in [9.17, 15) is 14.0 Å². The predicted octanol–water partition coefficient (Wildman–Crippen LogP) is 5.17. The number of anilines is 3. The van der Waals surface area contributed by atoms with E-state index in [0.29, 0.717) is 22.5 Å². The van der Waals surface area contributed by atoms with Gasteiger partial charge in [-0.3, -0.25) is 9.59 Å². The van der Waals surface area contributed by atoms with Gasteiger partial charge in [0.15, 0.2) is 0 Å². The summed E-state index contributed by atoms with van der Waals surface area (Å²) >= 11 is 0. The molecule has 0 bridgehead atoms. The first-order chi connectivity index (χ1) is 15.6. The molecule has 7 heteroatoms. The van der Waals surface area contributed by atoms with Crippen LogP contribution in [0, 0.1) is 11.7 Å². The Morgan fingerprint density at radius 3 is 2.45 bits per heavy atom. The van der Waals surface area contributed by atoms with Gasteiger partial charge in [0.05, 0.1) is 17.8 Å². The Morgan fingerprint density at radius 1 is 1.15 bits per heavy atom. The van der Waals surface area contributed by atoms with Crippen LogP contribution in [0.2, 0.25) is 0 Å². The van der Waals surface area contributed by atoms with Gasteiger partial charge in [-0.25, -0.2) is 4.39 Å². The Bertz CT molecular complexity index is 1010. The maximum atomic E-state index is 13.8. The lowest BCUT2D eigenvalue weighted by Gasteiger charge is -2.34. The van der Waals surface area contributed by atoms with Crippen molar-refractivity contribution in [1.29, 1.82) is 0 Å². The average Bonchev–Trinajstić information content (AvgIpc) is 2.74. The molecule has 1 amide bonds. The van der Waals surface area contributed by atoms with E-state index >= 15 is 0 Å². The number of nitrogens with zero attached hydrogens (tertiary/aromatic N) is 1. The van der Waals surface area contributed by atoms with Gasteiger partial charge in [0.1, 0.15) is 11.4 Å². The molecule has 2 aromatic carbocycles. The van der Waals surface area contributed by atoms with E-state index in [0.717, 1.165) is 37.5 Å². The van der Waals surface area contributed by atoms with Crippen LogP contribution in [0.1, 0.15) is 62.9 Å². The third-order valence-corrected chi connectivity index (χ3v) is 5.89. The van der Waals surface area contributed by atoms with Gasteiger partial charge < -0.3 is 20.7 Å². The monoisotopic (exact) mass is 455 g/mol. The summed E-state index contributed by atoms with van der Waals surface area (Å²) < 4.78 is 19.2. The molecule has 33 heavy (non-hydrogen) atoms. The second kappa shape index (κ2) is 10.2. The quantitative estimate of drug-likeness (QED) is 0.464. The average molecular weight is 456 g/mol. The zero-order chi connectivity index (χ0) is 24.2. The number of benzene rings is 2. The van der Waals surface area contributed by atoms with E-state index < -0.39 is 17.4 Å². The number of halogens is 1. The smallest absolute Gasteiger partial charge is 0.310 e. The number of hydrogen-bond donors (Lipinski definition) is 2. The molecular formula is C26H34FN3O3. The number of nitrogens with one attached hydrogen (secondary N) is 1. The highest BCUT2D eigenvalue weighted by Crippen LogP contribution is 2.30. The molecule has 1 fully saturated rings. The molecule has 0 radical (unpaired) electrons. The summed E-state index contributed by atoms with van der Waals surface area (Å²) in [6.45, 7) is 9.43. The van der Waals surface area contributed by atoms with Crippen LogP contribution < -0.4 is 16.0 Å². The Hall–Kier alpha value is -3.09. The molecule has 0 atom stereocenters. The number of piperidine rings is 1. The minimum atomic E-state index is -0.654. The number of amides is 1. The summed E-state index contributed by atoms with van der Waals surface area (Å²) in [6, 6.07) is 9.20. The van der Waals surface area contributed by atoms with Crippen molar-refractivity contribution in [1.82, 2.24) is 0 Å². The number of carbonyl (C=O) groups excluding carboxylic acids is 2. The number of nitrogens with two attached hydrogens (primary N) is 1. The van der Waals surface area contributed by atoms with Crippen molar-refractivity contribution >= 4 is 28.9 Å². The van der Waals surface area contributed by atoms with Crippen molar-refractivity contribution in [2.45, 2.75) is 59.0 Å². The molecule has 0 unspecified atom stereocenters. The van der Waals surface area contributed by atoms with Gasteiger partial charge in [0.25, 0.3) is 5.91 Å². The van der Waals surface area contributed by atoms with E-state index in [1.165, 1.54) is 24.6 Å². The molecule has 0 aromatic heterocycles. The molecule has 1 aliphatic heterocycles. The van der Waals surface area contributed by atoms with Crippen LogP contribution >= 0.6 is 0 Å². The van der Waals surface area contributed by atoms with Gasteiger partial charge in [-0.2, -0.15) is 0 Å². The summed E-state index contributed by atoms with van der Waals surface area (Å²) in [7, 11) is 0. The Labute approximate surface area is 195 Å². The molecule has 2 aromatic rings. The molecule has 1 aliphatic rings. The fourth-order valence-corrected chi connectivity index (χ4v) is 4.12. The largest absolute Gasteiger partial charge is 0.460 e. The van der Waals surface area contributed by atoms with E-state index in [1.807, 2.05) is 6.07 Å². The molecule has 1 saturated heterocycles. The summed E-state index contributed by atoms with van der Waals surface area (Å²) in [6.07, 6.45) is 3.33. The van der Waals surface area contributed by atoms with Crippen LogP contribution in [0.15, 0.2) is 36.4 Å². The molecule has 0 aliphatic carbocycles. The number of hydrogen-bond acceptors (Lipinski definition) is 5. The molecule has 178 valence electrons. The highest BCUT2D eigenvalue weighted by Gasteiger charge is 2.21. The Balaban J connectivity index is 1.72.